The van der Waals surface area contributed by atoms with E-state index in [4.69, 9.17) is 9.05 Å². The molecular formula is C49H102N2O6P+. The van der Waals surface area contributed by atoms with Crippen molar-refractivity contribution in [1.82, 2.24) is 5.32 Å². The number of quaternary nitrogens is 1. The molecule has 9 heteroatoms. The van der Waals surface area contributed by atoms with Gasteiger partial charge in [0.25, 0.3) is 0 Å². The van der Waals surface area contributed by atoms with Gasteiger partial charge in [0.1, 0.15) is 13.2 Å². The van der Waals surface area contributed by atoms with Crippen molar-refractivity contribution in [3.8, 4) is 0 Å². The third-order valence-electron chi connectivity index (χ3n) is 11.9. The number of hydrogen-bond donors (Lipinski definition) is 3. The van der Waals surface area contributed by atoms with Crippen LogP contribution in [0.3, 0.4) is 0 Å². The summed E-state index contributed by atoms with van der Waals surface area (Å²) in [5, 5.41) is 14.0. The Bertz CT molecular complexity index is 916. The van der Waals surface area contributed by atoms with E-state index in [0.717, 1.165) is 38.5 Å². The zero-order chi connectivity index (χ0) is 42.8. The molecule has 1 unspecified atom stereocenters. The normalized spacial score (nSPS) is 14.1. The van der Waals surface area contributed by atoms with Gasteiger partial charge in [-0.05, 0) is 12.8 Å². The molecule has 0 saturated heterocycles. The molecule has 0 aromatic heterocycles. The van der Waals surface area contributed by atoms with Gasteiger partial charge in [0, 0.05) is 6.42 Å². The van der Waals surface area contributed by atoms with Gasteiger partial charge < -0.3 is 19.8 Å². The van der Waals surface area contributed by atoms with Gasteiger partial charge >= 0.3 is 7.82 Å². The SMILES string of the molecule is CCCCCCCCCCCCCCCCCCCCCC(=O)N[C@@H](COP(=O)(O)OCC[N+](C)(C)C)[C@H](O)CCCCCCCCCCCCCCCCCCC. The van der Waals surface area contributed by atoms with Crippen LogP contribution in [-0.4, -0.2) is 73.4 Å². The third-order valence-corrected chi connectivity index (χ3v) is 12.8. The molecule has 3 N–H and O–H groups in total. The van der Waals surface area contributed by atoms with Gasteiger partial charge in [0.15, 0.2) is 0 Å². The number of likely N-dealkylation sites (N-methyl/N-ethyl adjacent to an activating group) is 1. The zero-order valence-electron chi connectivity index (χ0n) is 39.6. The van der Waals surface area contributed by atoms with Crippen molar-refractivity contribution in [3.05, 3.63) is 0 Å². The summed E-state index contributed by atoms with van der Waals surface area (Å²) in [6.45, 7) is 4.93. The molecule has 58 heavy (non-hydrogen) atoms. The number of carbonyl (C=O) groups excluding carboxylic acids is 1. The molecule has 0 aliphatic rings. The number of phosphoric acid groups is 1. The van der Waals surface area contributed by atoms with E-state index in [1.165, 1.54) is 193 Å². The molecule has 0 rings (SSSR count). The predicted octanol–water partition coefficient (Wildman–Crippen LogP) is 14.5. The van der Waals surface area contributed by atoms with Crippen molar-refractivity contribution in [1.29, 1.82) is 0 Å². The van der Waals surface area contributed by atoms with Crippen LogP contribution in [0.15, 0.2) is 0 Å². The standard InChI is InChI=1S/C49H101N2O6P/c1-6-8-10-12-14-16-18-20-22-24-25-27-29-31-33-35-37-39-41-43-49(53)50-47(46-57-58(54,55)56-45-44-51(3,4)5)48(52)42-40-38-36-34-32-30-28-26-23-21-19-17-15-13-11-9-7-2/h47-48,52H,6-46H2,1-5H3,(H-,50,53,54,55)/p+1/t47-,48+/m0/s1. The maximum atomic E-state index is 12.9. The topological polar surface area (TPSA) is 105 Å². The van der Waals surface area contributed by atoms with Gasteiger partial charge in [-0.15, -0.1) is 0 Å². The lowest BCUT2D eigenvalue weighted by Crippen LogP contribution is -2.46. The first kappa shape index (κ1) is 57.5. The average Bonchev–Trinajstić information content (AvgIpc) is 3.17. The second kappa shape index (κ2) is 41.8. The van der Waals surface area contributed by atoms with E-state index in [1.54, 1.807) is 0 Å². The lowest BCUT2D eigenvalue weighted by molar-refractivity contribution is -0.870. The van der Waals surface area contributed by atoms with Crippen LogP contribution in [0, 0.1) is 0 Å². The molecule has 0 spiro atoms. The molecular weight excluding hydrogens is 744 g/mol. The lowest BCUT2D eigenvalue weighted by Gasteiger charge is -2.26. The zero-order valence-corrected chi connectivity index (χ0v) is 40.5. The second-order valence-electron chi connectivity index (χ2n) is 18.9. The highest BCUT2D eigenvalue weighted by molar-refractivity contribution is 7.47. The lowest BCUT2D eigenvalue weighted by atomic mass is 10.0. The number of hydrogen-bond acceptors (Lipinski definition) is 5. The molecule has 8 nitrogen and oxygen atoms in total. The Labute approximate surface area is 361 Å². The van der Waals surface area contributed by atoms with E-state index in [1.807, 2.05) is 21.1 Å². The summed E-state index contributed by atoms with van der Waals surface area (Å²) in [7, 11) is 1.63. The second-order valence-corrected chi connectivity index (χ2v) is 20.4. The monoisotopic (exact) mass is 846 g/mol. The fourth-order valence-corrected chi connectivity index (χ4v) is 8.55. The molecule has 0 heterocycles. The van der Waals surface area contributed by atoms with Crippen molar-refractivity contribution < 1.29 is 32.9 Å². The maximum absolute atomic E-state index is 12.9. The highest BCUT2D eigenvalue weighted by Crippen LogP contribution is 2.43. The van der Waals surface area contributed by atoms with Crippen molar-refractivity contribution in [2.75, 3.05) is 40.9 Å². The molecule has 0 saturated carbocycles. The Balaban J connectivity index is 4.23. The molecule has 0 aliphatic carbocycles. The van der Waals surface area contributed by atoms with E-state index in [9.17, 15) is 19.4 Å². The smallest absolute Gasteiger partial charge is 0.391 e. The molecule has 0 aromatic rings. The maximum Gasteiger partial charge on any atom is 0.472 e. The molecule has 0 fully saturated rings. The van der Waals surface area contributed by atoms with Crippen molar-refractivity contribution in [3.63, 3.8) is 0 Å². The molecule has 0 radical (unpaired) electrons. The highest BCUT2D eigenvalue weighted by Gasteiger charge is 2.28. The molecule has 348 valence electrons. The van der Waals surface area contributed by atoms with Crippen molar-refractivity contribution in [2.24, 2.45) is 0 Å². The number of aliphatic hydroxyl groups excluding tert-OH is 1. The van der Waals surface area contributed by atoms with Gasteiger partial charge in [0.05, 0.1) is 39.9 Å². The summed E-state index contributed by atoms with van der Waals surface area (Å²) in [4.78, 5) is 23.2. The number of aliphatic hydroxyl groups is 1. The van der Waals surface area contributed by atoms with E-state index >= 15 is 0 Å². The minimum Gasteiger partial charge on any atom is -0.391 e. The number of phosphoric ester groups is 1. The van der Waals surface area contributed by atoms with Crippen molar-refractivity contribution >= 4 is 13.7 Å². The number of rotatable bonds is 47. The Morgan fingerprint density at radius 2 is 0.828 bits per heavy atom. The van der Waals surface area contributed by atoms with Crippen LogP contribution in [0.25, 0.3) is 0 Å². The third kappa shape index (κ3) is 43.6. The molecule has 3 atom stereocenters. The number of carbonyl (C=O) groups is 1. The number of unbranched alkanes of at least 4 members (excludes halogenated alkanes) is 34. The van der Waals surface area contributed by atoms with Gasteiger partial charge in [-0.2, -0.15) is 0 Å². The number of nitrogens with one attached hydrogen (secondary N) is 1. The van der Waals surface area contributed by atoms with Gasteiger partial charge in [-0.3, -0.25) is 13.8 Å². The highest BCUT2D eigenvalue weighted by atomic mass is 31.2. The minimum atomic E-state index is -4.31. The van der Waals surface area contributed by atoms with Gasteiger partial charge in [0.2, 0.25) is 5.91 Å². The Morgan fingerprint density at radius 1 is 0.517 bits per heavy atom. The number of amides is 1. The first-order valence-electron chi connectivity index (χ1n) is 25.4. The van der Waals surface area contributed by atoms with Crippen LogP contribution in [0.1, 0.15) is 258 Å². The van der Waals surface area contributed by atoms with Gasteiger partial charge in [-0.1, -0.05) is 239 Å². The first-order chi connectivity index (χ1) is 28.0. The molecule has 1 amide bonds. The largest absolute Gasteiger partial charge is 0.472 e. The fourth-order valence-electron chi connectivity index (χ4n) is 7.81. The van der Waals surface area contributed by atoms with Crippen LogP contribution in [0.2, 0.25) is 0 Å². The Hall–Kier alpha value is -0.500. The van der Waals surface area contributed by atoms with Crippen LogP contribution >= 0.6 is 7.82 Å². The summed E-state index contributed by atoms with van der Waals surface area (Å²) < 4.78 is 23.7. The molecule has 0 bridgehead atoms. The number of nitrogens with zero attached hydrogens (tertiary/aromatic N) is 1. The summed E-state index contributed by atoms with van der Waals surface area (Å²) in [5.74, 6) is -0.138. The van der Waals surface area contributed by atoms with E-state index < -0.39 is 20.0 Å². The predicted molar refractivity (Wildman–Crippen MR) is 249 cm³/mol. The van der Waals surface area contributed by atoms with E-state index in [2.05, 4.69) is 19.2 Å². The molecule has 0 aromatic carbocycles. The molecule has 0 aliphatic heterocycles. The van der Waals surface area contributed by atoms with E-state index in [0.29, 0.717) is 23.9 Å². The summed E-state index contributed by atoms with van der Waals surface area (Å²) >= 11 is 0. The Kier molecular flexibility index (Phi) is 41.5. The summed E-state index contributed by atoms with van der Waals surface area (Å²) in [6, 6.07) is -0.753. The van der Waals surface area contributed by atoms with Gasteiger partial charge in [-0.25, -0.2) is 4.57 Å². The fraction of sp³-hybridized carbons (Fsp3) is 0.980. The minimum absolute atomic E-state index is 0.0789. The van der Waals surface area contributed by atoms with E-state index in [-0.39, 0.29) is 19.1 Å². The van der Waals surface area contributed by atoms with Crippen molar-refractivity contribution in [2.45, 2.75) is 270 Å². The van der Waals surface area contributed by atoms with Crippen LogP contribution in [0.5, 0.6) is 0 Å². The van der Waals surface area contributed by atoms with Crippen LogP contribution in [-0.2, 0) is 18.4 Å². The van der Waals surface area contributed by atoms with Crippen LogP contribution in [0.4, 0.5) is 0 Å². The van der Waals surface area contributed by atoms with Crippen LogP contribution < -0.4 is 5.32 Å². The quantitative estimate of drug-likeness (QED) is 0.0320. The summed E-state index contributed by atoms with van der Waals surface area (Å²) in [6.07, 6.45) is 47.0. The Morgan fingerprint density at radius 3 is 1.16 bits per heavy atom. The first-order valence-corrected chi connectivity index (χ1v) is 26.9. The average molecular weight is 846 g/mol. The summed E-state index contributed by atoms with van der Waals surface area (Å²) in [5.41, 5.74) is 0.